The first-order chi connectivity index (χ1) is 14.5. The Kier molecular flexibility index (Phi) is 6.91. The highest BCUT2D eigenvalue weighted by molar-refractivity contribution is 5.83. The molecule has 0 aliphatic carbocycles. The number of benzene rings is 3. The Balaban J connectivity index is 1.74. The highest BCUT2D eigenvalue weighted by Crippen LogP contribution is 2.31. The topological polar surface area (TPSA) is 84.9 Å². The number of carboxylic acid groups (broad SMARTS) is 1. The van der Waals surface area contributed by atoms with Crippen molar-refractivity contribution >= 4 is 22.6 Å². The fourth-order valence-corrected chi connectivity index (χ4v) is 3.58. The molecule has 0 saturated heterocycles. The van der Waals surface area contributed by atoms with Crippen molar-refractivity contribution in [2.24, 2.45) is 0 Å². The molecule has 2 N–H and O–H groups in total. The second kappa shape index (κ2) is 9.78. The van der Waals surface area contributed by atoms with Crippen LogP contribution in [0.2, 0.25) is 0 Å². The first kappa shape index (κ1) is 21.2. The summed E-state index contributed by atoms with van der Waals surface area (Å²) in [5.41, 5.74) is 1.65. The first-order valence-electron chi connectivity index (χ1n) is 9.69. The highest BCUT2D eigenvalue weighted by Gasteiger charge is 2.19. The monoisotopic (exact) mass is 407 g/mol. The maximum atomic E-state index is 12.7. The molecule has 6 nitrogen and oxygen atoms in total. The van der Waals surface area contributed by atoms with Gasteiger partial charge in [0.15, 0.2) is 11.5 Å². The summed E-state index contributed by atoms with van der Waals surface area (Å²) in [6.45, 7) is 0. The summed E-state index contributed by atoms with van der Waals surface area (Å²) >= 11 is 0. The molecule has 3 rings (SSSR count). The van der Waals surface area contributed by atoms with Crippen LogP contribution in [0, 0.1) is 0 Å². The van der Waals surface area contributed by atoms with Crippen molar-refractivity contribution in [1.29, 1.82) is 0 Å². The van der Waals surface area contributed by atoms with Gasteiger partial charge in [0, 0.05) is 11.6 Å². The van der Waals surface area contributed by atoms with E-state index < -0.39 is 12.0 Å². The minimum Gasteiger partial charge on any atom is -0.493 e. The lowest BCUT2D eigenvalue weighted by Crippen LogP contribution is -2.39. The lowest BCUT2D eigenvalue weighted by atomic mass is 9.99. The number of fused-ring (bicyclic) bond motifs is 1. The van der Waals surface area contributed by atoms with Crippen LogP contribution in [0.5, 0.6) is 11.5 Å². The molecule has 0 radical (unpaired) electrons. The number of carboxylic acids is 1. The molecular formula is C24H25NO5. The van der Waals surface area contributed by atoms with Crippen LogP contribution in [-0.2, 0) is 22.4 Å². The summed E-state index contributed by atoms with van der Waals surface area (Å²) in [7, 11) is 3.06. The zero-order chi connectivity index (χ0) is 21.5. The first-order valence-corrected chi connectivity index (χ1v) is 9.69. The van der Waals surface area contributed by atoms with E-state index in [4.69, 9.17) is 9.47 Å². The molecule has 0 heterocycles. The Labute approximate surface area is 175 Å². The fourth-order valence-electron chi connectivity index (χ4n) is 3.58. The summed E-state index contributed by atoms with van der Waals surface area (Å²) in [6.07, 6.45) is 0.333. The Morgan fingerprint density at radius 2 is 1.73 bits per heavy atom. The van der Waals surface area contributed by atoms with Crippen LogP contribution in [0.25, 0.3) is 10.8 Å². The molecule has 0 fully saturated rings. The van der Waals surface area contributed by atoms with Gasteiger partial charge in [0.25, 0.3) is 0 Å². The SMILES string of the molecule is COc1cccc(CC(=O)NC(CC(=O)O)Cc2ccc3ccccc3c2)c1OC. The molecule has 0 aromatic heterocycles. The number of amides is 1. The molecule has 6 heteroatoms. The van der Waals surface area contributed by atoms with E-state index in [-0.39, 0.29) is 18.7 Å². The fraction of sp³-hybridized carbons (Fsp3) is 0.250. The smallest absolute Gasteiger partial charge is 0.305 e. The second-order valence-electron chi connectivity index (χ2n) is 7.08. The molecule has 0 aliphatic rings. The summed E-state index contributed by atoms with van der Waals surface area (Å²) in [5.74, 6) is -0.186. The van der Waals surface area contributed by atoms with Gasteiger partial charge in [-0.2, -0.15) is 0 Å². The maximum Gasteiger partial charge on any atom is 0.305 e. The van der Waals surface area contributed by atoms with Gasteiger partial charge in [-0.25, -0.2) is 0 Å². The Morgan fingerprint density at radius 1 is 0.967 bits per heavy atom. The molecule has 1 unspecified atom stereocenters. The normalized spacial score (nSPS) is 11.7. The Bertz CT molecular complexity index is 1050. The van der Waals surface area contributed by atoms with Gasteiger partial charge in [0.05, 0.1) is 27.1 Å². The van der Waals surface area contributed by atoms with Gasteiger partial charge < -0.3 is 19.9 Å². The van der Waals surface area contributed by atoms with Crippen molar-refractivity contribution < 1.29 is 24.2 Å². The molecule has 1 atom stereocenters. The van der Waals surface area contributed by atoms with Crippen LogP contribution in [-0.4, -0.2) is 37.2 Å². The van der Waals surface area contributed by atoms with Crippen LogP contribution in [0.1, 0.15) is 17.5 Å². The van der Waals surface area contributed by atoms with Gasteiger partial charge in [-0.3, -0.25) is 9.59 Å². The van der Waals surface area contributed by atoms with E-state index in [2.05, 4.69) is 5.32 Å². The minimum absolute atomic E-state index is 0.0637. The molecule has 0 aliphatic heterocycles. The molecule has 0 saturated carbocycles. The molecular weight excluding hydrogens is 382 g/mol. The largest absolute Gasteiger partial charge is 0.493 e. The number of carbonyl (C=O) groups is 2. The maximum absolute atomic E-state index is 12.7. The molecule has 0 spiro atoms. The minimum atomic E-state index is -0.958. The molecule has 1 amide bonds. The lowest BCUT2D eigenvalue weighted by molar-refractivity contribution is -0.137. The molecule has 30 heavy (non-hydrogen) atoms. The number of methoxy groups -OCH3 is 2. The van der Waals surface area contributed by atoms with Crippen molar-refractivity contribution in [2.75, 3.05) is 14.2 Å². The van der Waals surface area contributed by atoms with Gasteiger partial charge in [-0.15, -0.1) is 0 Å². The third kappa shape index (κ3) is 5.29. The predicted molar refractivity (Wildman–Crippen MR) is 115 cm³/mol. The van der Waals surface area contributed by atoms with Crippen molar-refractivity contribution in [3.8, 4) is 11.5 Å². The van der Waals surface area contributed by atoms with E-state index in [9.17, 15) is 14.7 Å². The van der Waals surface area contributed by atoms with E-state index in [1.807, 2.05) is 42.5 Å². The van der Waals surface area contributed by atoms with Crippen LogP contribution in [0.4, 0.5) is 0 Å². The number of hydrogen-bond donors (Lipinski definition) is 2. The second-order valence-corrected chi connectivity index (χ2v) is 7.08. The summed E-state index contributed by atoms with van der Waals surface area (Å²) < 4.78 is 10.6. The van der Waals surface area contributed by atoms with Gasteiger partial charge in [0.1, 0.15) is 0 Å². The Hall–Kier alpha value is -3.54. The zero-order valence-electron chi connectivity index (χ0n) is 17.1. The molecule has 156 valence electrons. The van der Waals surface area contributed by atoms with E-state index in [0.29, 0.717) is 23.5 Å². The van der Waals surface area contributed by atoms with Crippen molar-refractivity contribution in [2.45, 2.75) is 25.3 Å². The standard InChI is InChI=1S/C24H25NO5/c1-29-21-9-5-8-19(24(21)30-2)14-22(26)25-20(15-23(27)28)13-16-10-11-17-6-3-4-7-18(17)12-16/h3-12,20H,13-15H2,1-2H3,(H,25,26)(H,27,28). The van der Waals surface area contributed by atoms with Crippen LogP contribution in [0.15, 0.2) is 60.7 Å². The molecule has 3 aromatic rings. The number of para-hydroxylation sites is 1. The average molecular weight is 407 g/mol. The number of hydrogen-bond acceptors (Lipinski definition) is 4. The van der Waals surface area contributed by atoms with Crippen LogP contribution >= 0.6 is 0 Å². The lowest BCUT2D eigenvalue weighted by Gasteiger charge is -2.18. The summed E-state index contributed by atoms with van der Waals surface area (Å²) in [6, 6.07) is 18.8. The van der Waals surface area contributed by atoms with Crippen LogP contribution < -0.4 is 14.8 Å². The number of nitrogens with one attached hydrogen (secondary N) is 1. The highest BCUT2D eigenvalue weighted by atomic mass is 16.5. The van der Waals surface area contributed by atoms with E-state index >= 15 is 0 Å². The third-order valence-corrected chi connectivity index (χ3v) is 4.92. The zero-order valence-corrected chi connectivity index (χ0v) is 17.1. The number of aliphatic carboxylic acids is 1. The van der Waals surface area contributed by atoms with Gasteiger partial charge >= 0.3 is 5.97 Å². The van der Waals surface area contributed by atoms with Gasteiger partial charge in [-0.1, -0.05) is 54.6 Å². The van der Waals surface area contributed by atoms with E-state index in [1.165, 1.54) is 14.2 Å². The summed E-state index contributed by atoms with van der Waals surface area (Å²) in [4.78, 5) is 24.0. The Morgan fingerprint density at radius 3 is 2.43 bits per heavy atom. The number of rotatable bonds is 9. The molecule has 3 aromatic carbocycles. The van der Waals surface area contributed by atoms with E-state index in [1.54, 1.807) is 18.2 Å². The average Bonchev–Trinajstić information content (AvgIpc) is 2.72. The van der Waals surface area contributed by atoms with Crippen molar-refractivity contribution in [3.63, 3.8) is 0 Å². The quantitative estimate of drug-likeness (QED) is 0.566. The predicted octanol–water partition coefficient (Wildman–Crippen LogP) is 3.60. The molecule has 0 bridgehead atoms. The number of ether oxygens (including phenoxy) is 2. The summed E-state index contributed by atoms with van der Waals surface area (Å²) in [5, 5.41) is 14.4. The number of carbonyl (C=O) groups excluding carboxylic acids is 1. The van der Waals surface area contributed by atoms with Crippen LogP contribution in [0.3, 0.4) is 0 Å². The van der Waals surface area contributed by atoms with E-state index in [0.717, 1.165) is 16.3 Å². The van der Waals surface area contributed by atoms with Crippen molar-refractivity contribution in [1.82, 2.24) is 5.32 Å². The van der Waals surface area contributed by atoms with Gasteiger partial charge in [0.2, 0.25) is 5.91 Å². The van der Waals surface area contributed by atoms with Crippen molar-refractivity contribution in [3.05, 3.63) is 71.8 Å². The van der Waals surface area contributed by atoms with Gasteiger partial charge in [-0.05, 0) is 28.8 Å². The third-order valence-electron chi connectivity index (χ3n) is 4.92.